The van der Waals surface area contributed by atoms with Crippen LogP contribution in [0.2, 0.25) is 0 Å². The number of fused-ring (bicyclic) bond motifs is 1. The molecule has 0 spiro atoms. The number of rotatable bonds is 3. The molecule has 9 heteroatoms. The molecule has 0 unspecified atom stereocenters. The lowest BCUT2D eigenvalue weighted by Crippen LogP contribution is -2.37. The summed E-state index contributed by atoms with van der Waals surface area (Å²) >= 11 is 0. The zero-order valence-corrected chi connectivity index (χ0v) is 16.9. The first-order valence-electron chi connectivity index (χ1n) is 10.1. The van der Waals surface area contributed by atoms with Gasteiger partial charge in [0.25, 0.3) is 5.91 Å². The van der Waals surface area contributed by atoms with E-state index < -0.39 is 47.4 Å². The molecule has 2 fully saturated rings. The Kier molecular flexibility index (Phi) is 4.93. The van der Waals surface area contributed by atoms with Crippen molar-refractivity contribution >= 4 is 23.2 Å². The van der Waals surface area contributed by atoms with Gasteiger partial charge in [-0.3, -0.25) is 14.4 Å². The number of anilines is 2. The summed E-state index contributed by atoms with van der Waals surface area (Å²) < 4.78 is 52.5. The van der Waals surface area contributed by atoms with Gasteiger partial charge in [-0.25, -0.2) is 14.4 Å². The SMILES string of the molecule is O=C1[C@@H]2[C@H](ON(c3ccccc3)[C@H]2c2ccc(C(F)(F)F)cc2)C(=O)N1c1ccc(F)cc1. The largest absolute Gasteiger partial charge is 0.416 e. The van der Waals surface area contributed by atoms with Crippen molar-refractivity contribution in [3.8, 4) is 0 Å². The fourth-order valence-corrected chi connectivity index (χ4v) is 4.27. The van der Waals surface area contributed by atoms with Crippen LogP contribution in [0.3, 0.4) is 0 Å². The minimum Gasteiger partial charge on any atom is -0.273 e. The maximum absolute atomic E-state index is 13.4. The Morgan fingerprint density at radius 3 is 2.00 bits per heavy atom. The smallest absolute Gasteiger partial charge is 0.273 e. The maximum atomic E-state index is 13.4. The predicted octanol–water partition coefficient (Wildman–Crippen LogP) is 4.90. The number of benzene rings is 3. The summed E-state index contributed by atoms with van der Waals surface area (Å²) in [7, 11) is 0. The number of para-hydroxylation sites is 1. The van der Waals surface area contributed by atoms with E-state index in [9.17, 15) is 27.2 Å². The van der Waals surface area contributed by atoms with Gasteiger partial charge in [0.05, 0.1) is 23.0 Å². The molecule has 0 saturated carbocycles. The third-order valence-corrected chi connectivity index (χ3v) is 5.79. The second-order valence-corrected chi connectivity index (χ2v) is 7.77. The van der Waals surface area contributed by atoms with E-state index in [-0.39, 0.29) is 5.69 Å². The van der Waals surface area contributed by atoms with Crippen LogP contribution in [0.1, 0.15) is 17.2 Å². The Morgan fingerprint density at radius 1 is 0.758 bits per heavy atom. The molecule has 2 amide bonds. The van der Waals surface area contributed by atoms with Gasteiger partial charge < -0.3 is 0 Å². The van der Waals surface area contributed by atoms with Gasteiger partial charge in [0.15, 0.2) is 6.10 Å². The predicted molar refractivity (Wildman–Crippen MR) is 110 cm³/mol. The van der Waals surface area contributed by atoms with E-state index in [1.807, 2.05) is 0 Å². The molecule has 0 radical (unpaired) electrons. The van der Waals surface area contributed by atoms with E-state index in [4.69, 9.17) is 4.84 Å². The second kappa shape index (κ2) is 7.70. The molecular formula is C24H16F4N2O3. The first-order valence-corrected chi connectivity index (χ1v) is 10.1. The Morgan fingerprint density at radius 2 is 1.39 bits per heavy atom. The lowest BCUT2D eigenvalue weighted by atomic mass is 9.90. The summed E-state index contributed by atoms with van der Waals surface area (Å²) in [5, 5.41) is 1.40. The summed E-state index contributed by atoms with van der Waals surface area (Å²) in [5.74, 6) is -2.71. The van der Waals surface area contributed by atoms with Gasteiger partial charge >= 0.3 is 6.18 Å². The Balaban J connectivity index is 1.57. The Bertz CT molecular complexity index is 1200. The number of alkyl halides is 3. The number of imide groups is 1. The minimum atomic E-state index is -4.51. The highest BCUT2D eigenvalue weighted by Crippen LogP contribution is 2.47. The van der Waals surface area contributed by atoms with Crippen molar-refractivity contribution in [2.24, 2.45) is 5.92 Å². The molecule has 3 atom stereocenters. The number of amides is 2. The average Bonchev–Trinajstić information content (AvgIpc) is 3.31. The van der Waals surface area contributed by atoms with Crippen LogP contribution in [0.5, 0.6) is 0 Å². The number of carbonyl (C=O) groups is 2. The highest BCUT2D eigenvalue weighted by Gasteiger charge is 2.60. The highest BCUT2D eigenvalue weighted by molar-refractivity contribution is 6.23. The van der Waals surface area contributed by atoms with Crippen molar-refractivity contribution in [1.29, 1.82) is 0 Å². The van der Waals surface area contributed by atoms with Crippen molar-refractivity contribution < 1.29 is 32.0 Å². The van der Waals surface area contributed by atoms with E-state index >= 15 is 0 Å². The van der Waals surface area contributed by atoms with Gasteiger partial charge in [-0.2, -0.15) is 13.2 Å². The molecule has 3 aromatic rings. The van der Waals surface area contributed by atoms with Crippen LogP contribution in [0.15, 0.2) is 78.9 Å². The second-order valence-electron chi connectivity index (χ2n) is 7.77. The van der Waals surface area contributed by atoms with Crippen LogP contribution in [-0.2, 0) is 20.6 Å². The van der Waals surface area contributed by atoms with Gasteiger partial charge in [-0.05, 0) is 54.1 Å². The van der Waals surface area contributed by atoms with Crippen molar-refractivity contribution in [3.63, 3.8) is 0 Å². The molecule has 2 heterocycles. The fraction of sp³-hybridized carbons (Fsp3) is 0.167. The van der Waals surface area contributed by atoms with Crippen LogP contribution in [0.25, 0.3) is 0 Å². The average molecular weight is 456 g/mol. The summed E-state index contributed by atoms with van der Waals surface area (Å²) in [4.78, 5) is 33.4. The molecule has 33 heavy (non-hydrogen) atoms. The summed E-state index contributed by atoms with van der Waals surface area (Å²) in [6.45, 7) is 0. The molecule has 2 saturated heterocycles. The van der Waals surface area contributed by atoms with Crippen LogP contribution in [0.4, 0.5) is 28.9 Å². The van der Waals surface area contributed by atoms with E-state index in [0.717, 1.165) is 29.2 Å². The quantitative estimate of drug-likeness (QED) is 0.416. The number of hydroxylamine groups is 1. The van der Waals surface area contributed by atoms with Gasteiger partial charge in [0.2, 0.25) is 5.91 Å². The van der Waals surface area contributed by atoms with Gasteiger partial charge in [0.1, 0.15) is 11.7 Å². The Hall–Kier alpha value is -3.72. The van der Waals surface area contributed by atoms with Crippen molar-refractivity contribution in [2.75, 3.05) is 9.96 Å². The zero-order valence-electron chi connectivity index (χ0n) is 16.9. The molecule has 5 nitrogen and oxygen atoms in total. The first kappa shape index (κ1) is 21.1. The lowest BCUT2D eigenvalue weighted by Gasteiger charge is -2.29. The molecule has 0 bridgehead atoms. The van der Waals surface area contributed by atoms with Gasteiger partial charge in [-0.15, -0.1) is 0 Å². The monoisotopic (exact) mass is 456 g/mol. The zero-order chi connectivity index (χ0) is 23.3. The molecule has 0 aliphatic carbocycles. The number of nitrogens with zero attached hydrogens (tertiary/aromatic N) is 2. The van der Waals surface area contributed by atoms with E-state index in [2.05, 4.69) is 0 Å². The fourth-order valence-electron chi connectivity index (χ4n) is 4.27. The van der Waals surface area contributed by atoms with Crippen molar-refractivity contribution in [2.45, 2.75) is 18.3 Å². The molecule has 0 N–H and O–H groups in total. The van der Waals surface area contributed by atoms with Gasteiger partial charge in [0, 0.05) is 0 Å². The number of hydrogen-bond donors (Lipinski definition) is 0. The number of carbonyl (C=O) groups excluding carboxylic acids is 2. The minimum absolute atomic E-state index is 0.196. The summed E-state index contributed by atoms with van der Waals surface area (Å²) in [5.41, 5.74) is 0.309. The number of hydrogen-bond acceptors (Lipinski definition) is 4. The molecule has 3 aromatic carbocycles. The maximum Gasteiger partial charge on any atom is 0.416 e. The van der Waals surface area contributed by atoms with Crippen LogP contribution < -0.4 is 9.96 Å². The normalized spacial score (nSPS) is 22.7. The summed E-state index contributed by atoms with van der Waals surface area (Å²) in [6, 6.07) is 17.2. The van der Waals surface area contributed by atoms with E-state index in [1.165, 1.54) is 29.3 Å². The molecular weight excluding hydrogens is 440 g/mol. The molecule has 2 aliphatic rings. The number of halogens is 4. The van der Waals surface area contributed by atoms with Gasteiger partial charge in [-0.1, -0.05) is 30.3 Å². The van der Waals surface area contributed by atoms with Crippen LogP contribution in [0, 0.1) is 11.7 Å². The molecule has 5 rings (SSSR count). The third kappa shape index (κ3) is 3.54. The molecule has 168 valence electrons. The topological polar surface area (TPSA) is 49.9 Å². The van der Waals surface area contributed by atoms with E-state index in [0.29, 0.717) is 11.3 Å². The first-order chi connectivity index (χ1) is 15.8. The molecule has 0 aromatic heterocycles. The highest BCUT2D eigenvalue weighted by atomic mass is 19.4. The third-order valence-electron chi connectivity index (χ3n) is 5.79. The standard InChI is InChI=1S/C24H16F4N2O3/c25-16-10-12-17(13-11-16)29-22(31)19-20(14-6-8-15(9-7-14)24(26,27)28)30(33-21(19)23(29)32)18-4-2-1-3-5-18/h1-13,19-21H/t19-,20-,21-/m0/s1. The van der Waals surface area contributed by atoms with Crippen LogP contribution >= 0.6 is 0 Å². The summed E-state index contributed by atoms with van der Waals surface area (Å²) in [6.07, 6.45) is -5.68. The Labute approximate surface area is 185 Å². The lowest BCUT2D eigenvalue weighted by molar-refractivity contribution is -0.137. The van der Waals surface area contributed by atoms with Crippen molar-refractivity contribution in [1.82, 2.24) is 0 Å². The van der Waals surface area contributed by atoms with Crippen molar-refractivity contribution in [3.05, 3.63) is 95.8 Å². The van der Waals surface area contributed by atoms with E-state index in [1.54, 1.807) is 30.3 Å². The van der Waals surface area contributed by atoms with Crippen LogP contribution in [-0.4, -0.2) is 17.9 Å². The molecule has 2 aliphatic heterocycles.